The topological polar surface area (TPSA) is 32.7 Å². The summed E-state index contributed by atoms with van der Waals surface area (Å²) in [4.78, 5) is 16.5. The Balaban J connectivity index is -0.000000216. The van der Waals surface area contributed by atoms with Gasteiger partial charge in [0.25, 0.3) is 0 Å². The lowest BCUT2D eigenvalue weighted by molar-refractivity contribution is -0.126. The molecule has 14 heavy (non-hydrogen) atoms. The van der Waals surface area contributed by atoms with E-state index in [1.165, 1.54) is 0 Å². The van der Waals surface area contributed by atoms with E-state index in [0.29, 0.717) is 13.0 Å². The van der Waals surface area contributed by atoms with Crippen LogP contribution in [0.4, 0.5) is 0 Å². The number of hydrogen-bond acceptors (Lipinski definition) is 2. The van der Waals surface area contributed by atoms with Gasteiger partial charge < -0.3 is 4.90 Å². The summed E-state index contributed by atoms with van der Waals surface area (Å²) in [6, 6.07) is 0. The first kappa shape index (κ1) is 18.8. The fourth-order valence-corrected chi connectivity index (χ4v) is 0.768. The Bertz CT molecular complexity index is 165. The van der Waals surface area contributed by atoms with E-state index in [1.54, 1.807) is 11.9 Å². The highest BCUT2D eigenvalue weighted by Crippen LogP contribution is 2.00. The quantitative estimate of drug-likeness (QED) is 0.594. The van der Waals surface area contributed by atoms with E-state index in [-0.39, 0.29) is 13.3 Å². The third-order valence-electron chi connectivity index (χ3n) is 1.53. The van der Waals surface area contributed by atoms with Gasteiger partial charge in [0.05, 0.1) is 0 Å². The number of amidine groups is 1. The fraction of sp³-hybridized carbons (Fsp3) is 0.818. The second-order valence-corrected chi connectivity index (χ2v) is 2.13. The highest BCUT2D eigenvalue weighted by molar-refractivity contribution is 5.98. The number of amides is 1. The molecular weight excluding hydrogens is 176 g/mol. The van der Waals surface area contributed by atoms with Crippen molar-refractivity contribution in [1.82, 2.24) is 4.90 Å². The van der Waals surface area contributed by atoms with E-state index < -0.39 is 0 Å². The molecule has 0 aromatic carbocycles. The van der Waals surface area contributed by atoms with Crippen molar-refractivity contribution in [2.24, 2.45) is 4.99 Å². The van der Waals surface area contributed by atoms with Gasteiger partial charge in [0.1, 0.15) is 5.84 Å². The Kier molecular flexibility index (Phi) is 16.3. The Morgan fingerprint density at radius 3 is 1.93 bits per heavy atom. The van der Waals surface area contributed by atoms with Crippen LogP contribution in [0.25, 0.3) is 0 Å². The molecule has 0 N–H and O–H groups in total. The van der Waals surface area contributed by atoms with E-state index in [2.05, 4.69) is 4.99 Å². The molecule has 0 saturated heterocycles. The predicted octanol–water partition coefficient (Wildman–Crippen LogP) is 2.96. The lowest BCUT2D eigenvalue weighted by Gasteiger charge is -2.19. The Hall–Kier alpha value is -0.860. The molecule has 0 aromatic rings. The largest absolute Gasteiger partial charge is 0.304 e. The highest BCUT2D eigenvalue weighted by Gasteiger charge is 2.14. The zero-order valence-electron chi connectivity index (χ0n) is 9.72. The van der Waals surface area contributed by atoms with Crippen LogP contribution in [-0.2, 0) is 4.79 Å². The third-order valence-corrected chi connectivity index (χ3v) is 1.53. The van der Waals surface area contributed by atoms with Gasteiger partial charge in [0.15, 0.2) is 0 Å². The molecule has 3 heteroatoms. The number of aliphatic imine (C=N–C) groups is 1. The van der Waals surface area contributed by atoms with Crippen molar-refractivity contribution in [1.29, 1.82) is 0 Å². The molecule has 0 atom stereocenters. The predicted molar refractivity (Wildman–Crippen MR) is 64.8 cm³/mol. The van der Waals surface area contributed by atoms with Gasteiger partial charge in [-0.15, -0.1) is 0 Å². The van der Waals surface area contributed by atoms with Crippen LogP contribution >= 0.6 is 0 Å². The molecule has 1 aliphatic heterocycles. The minimum atomic E-state index is 0. The summed E-state index contributed by atoms with van der Waals surface area (Å²) in [6.07, 6.45) is 0.563. The molecule has 0 aliphatic carbocycles. The van der Waals surface area contributed by atoms with Gasteiger partial charge in [-0.05, 0) is 6.92 Å². The first-order chi connectivity index (χ1) is 6.22. The molecule has 1 rings (SSSR count). The minimum absolute atomic E-state index is 0. The van der Waals surface area contributed by atoms with Gasteiger partial charge >= 0.3 is 0 Å². The maximum absolute atomic E-state index is 10.8. The van der Waals surface area contributed by atoms with E-state index in [1.807, 2.05) is 34.6 Å². The van der Waals surface area contributed by atoms with Gasteiger partial charge in [0, 0.05) is 20.0 Å². The first-order valence-electron chi connectivity index (χ1n) is 4.99. The molecule has 0 aromatic heterocycles. The second-order valence-electron chi connectivity index (χ2n) is 2.13. The third kappa shape index (κ3) is 6.63. The molecule has 0 bridgehead atoms. The lowest BCUT2D eigenvalue weighted by Crippen LogP contribution is -2.35. The van der Waals surface area contributed by atoms with Gasteiger partial charge in [-0.1, -0.05) is 35.1 Å². The molecule has 0 spiro atoms. The SMILES string of the molecule is C.CC.CC.CC1=NCCC(=O)N1C. The Morgan fingerprint density at radius 2 is 1.64 bits per heavy atom. The standard InChI is InChI=1S/C6H10N2O.2C2H6.CH4/c1-5-7-4-3-6(9)8(5)2;2*1-2;/h3-4H2,1-2H3;2*1-2H3;1H4. The van der Waals surface area contributed by atoms with Gasteiger partial charge in [-0.3, -0.25) is 9.79 Å². The summed E-state index contributed by atoms with van der Waals surface area (Å²) in [5.41, 5.74) is 0. The lowest BCUT2D eigenvalue weighted by atomic mass is 10.3. The molecule has 0 saturated carbocycles. The maximum atomic E-state index is 10.8. The van der Waals surface area contributed by atoms with Crippen molar-refractivity contribution in [3.8, 4) is 0 Å². The molecule has 0 fully saturated rings. The molecule has 0 unspecified atom stereocenters. The number of carbonyl (C=O) groups is 1. The van der Waals surface area contributed by atoms with Crippen LogP contribution in [0, 0.1) is 0 Å². The summed E-state index contributed by atoms with van der Waals surface area (Å²) >= 11 is 0. The summed E-state index contributed by atoms with van der Waals surface area (Å²) in [5, 5.41) is 0. The molecule has 0 radical (unpaired) electrons. The van der Waals surface area contributed by atoms with E-state index in [9.17, 15) is 4.79 Å². The number of nitrogens with zero attached hydrogens (tertiary/aromatic N) is 2. The zero-order valence-corrected chi connectivity index (χ0v) is 9.72. The van der Waals surface area contributed by atoms with Crippen LogP contribution in [0.15, 0.2) is 4.99 Å². The second kappa shape index (κ2) is 12.1. The van der Waals surface area contributed by atoms with Gasteiger partial charge in [0.2, 0.25) is 5.91 Å². The summed E-state index contributed by atoms with van der Waals surface area (Å²) in [7, 11) is 1.75. The molecule has 3 nitrogen and oxygen atoms in total. The van der Waals surface area contributed by atoms with Crippen molar-refractivity contribution in [3.05, 3.63) is 0 Å². The highest BCUT2D eigenvalue weighted by atomic mass is 16.2. The normalized spacial score (nSPS) is 13.7. The van der Waals surface area contributed by atoms with Crippen molar-refractivity contribution in [2.45, 2.75) is 48.5 Å². The summed E-state index contributed by atoms with van der Waals surface area (Å²) in [5.74, 6) is 0.994. The van der Waals surface area contributed by atoms with Gasteiger partial charge in [-0.25, -0.2) is 0 Å². The van der Waals surface area contributed by atoms with Crippen LogP contribution in [-0.4, -0.2) is 30.2 Å². The van der Waals surface area contributed by atoms with E-state index >= 15 is 0 Å². The Morgan fingerprint density at radius 1 is 1.21 bits per heavy atom. The molecule has 1 heterocycles. The molecule has 1 aliphatic rings. The van der Waals surface area contributed by atoms with Crippen LogP contribution in [0.5, 0.6) is 0 Å². The first-order valence-corrected chi connectivity index (χ1v) is 4.99. The van der Waals surface area contributed by atoms with Crippen LogP contribution in [0.3, 0.4) is 0 Å². The van der Waals surface area contributed by atoms with Gasteiger partial charge in [-0.2, -0.15) is 0 Å². The van der Waals surface area contributed by atoms with Crippen molar-refractivity contribution in [3.63, 3.8) is 0 Å². The average Bonchev–Trinajstić information content (AvgIpc) is 2.20. The van der Waals surface area contributed by atoms with E-state index in [0.717, 1.165) is 5.84 Å². The smallest absolute Gasteiger partial charge is 0.229 e. The summed E-state index contributed by atoms with van der Waals surface area (Å²) < 4.78 is 0. The van der Waals surface area contributed by atoms with Crippen LogP contribution in [0.1, 0.15) is 48.5 Å². The monoisotopic (exact) mass is 202 g/mol. The average molecular weight is 202 g/mol. The van der Waals surface area contributed by atoms with Crippen LogP contribution in [0.2, 0.25) is 0 Å². The summed E-state index contributed by atoms with van der Waals surface area (Å²) in [6.45, 7) is 10.5. The number of carbonyl (C=O) groups excluding carboxylic acids is 1. The molecule has 1 amide bonds. The number of rotatable bonds is 0. The van der Waals surface area contributed by atoms with Crippen molar-refractivity contribution < 1.29 is 4.79 Å². The number of hydrogen-bond donors (Lipinski definition) is 0. The zero-order chi connectivity index (χ0) is 10.9. The van der Waals surface area contributed by atoms with E-state index in [4.69, 9.17) is 0 Å². The Labute approximate surface area is 89.2 Å². The minimum Gasteiger partial charge on any atom is -0.304 e. The molecular formula is C11H26N2O. The van der Waals surface area contributed by atoms with Crippen molar-refractivity contribution >= 4 is 11.7 Å². The molecule has 86 valence electrons. The van der Waals surface area contributed by atoms with Crippen LogP contribution < -0.4 is 0 Å². The van der Waals surface area contributed by atoms with Crippen molar-refractivity contribution in [2.75, 3.05) is 13.6 Å². The maximum Gasteiger partial charge on any atom is 0.229 e. The fourth-order valence-electron chi connectivity index (χ4n) is 0.768.